The number of nitrogens with one attached hydrogen (secondary N) is 1. The highest BCUT2D eigenvalue weighted by atomic mass is 16.5. The smallest absolute Gasteiger partial charge is 0.257 e. The van der Waals surface area contributed by atoms with E-state index in [-0.39, 0.29) is 18.3 Å². The number of aromatic hydroxyl groups is 1. The summed E-state index contributed by atoms with van der Waals surface area (Å²) in [5.74, 6) is 1.36. The lowest BCUT2D eigenvalue weighted by molar-refractivity contribution is -0.123. The molecule has 0 aliphatic rings. The summed E-state index contributed by atoms with van der Waals surface area (Å²) in [5.41, 5.74) is 2.29. The molecule has 1 atom stereocenters. The van der Waals surface area contributed by atoms with Crippen molar-refractivity contribution in [2.24, 2.45) is 0 Å². The van der Waals surface area contributed by atoms with E-state index in [4.69, 9.17) is 4.74 Å². The zero-order chi connectivity index (χ0) is 18.1. The van der Waals surface area contributed by atoms with Crippen LogP contribution in [-0.2, 0) is 11.2 Å². The number of hydrogen-bond acceptors (Lipinski definition) is 3. The molecule has 0 fully saturated rings. The van der Waals surface area contributed by atoms with E-state index >= 15 is 0 Å². The van der Waals surface area contributed by atoms with Crippen molar-refractivity contribution < 1.29 is 14.6 Å². The van der Waals surface area contributed by atoms with Crippen LogP contribution >= 0.6 is 0 Å². The first-order chi connectivity index (χ1) is 12.1. The monoisotopic (exact) mass is 341 g/mol. The van der Waals surface area contributed by atoms with E-state index in [0.29, 0.717) is 12.5 Å². The third-order valence-electron chi connectivity index (χ3n) is 4.32. The quantitative estimate of drug-likeness (QED) is 0.677. The summed E-state index contributed by atoms with van der Waals surface area (Å²) in [6, 6.07) is 15.0. The molecular formula is C21H27NO3. The summed E-state index contributed by atoms with van der Waals surface area (Å²) in [6.07, 6.45) is 2.74. The van der Waals surface area contributed by atoms with Gasteiger partial charge in [0.05, 0.1) is 0 Å². The molecule has 25 heavy (non-hydrogen) atoms. The zero-order valence-electron chi connectivity index (χ0n) is 15.0. The zero-order valence-corrected chi connectivity index (χ0v) is 15.0. The number of phenols is 1. The van der Waals surface area contributed by atoms with E-state index < -0.39 is 0 Å². The average Bonchev–Trinajstić information content (AvgIpc) is 2.64. The van der Waals surface area contributed by atoms with Crippen LogP contribution in [-0.4, -0.2) is 24.2 Å². The topological polar surface area (TPSA) is 58.6 Å². The van der Waals surface area contributed by atoms with Gasteiger partial charge in [-0.3, -0.25) is 4.79 Å². The number of hydrogen-bond donors (Lipinski definition) is 2. The van der Waals surface area contributed by atoms with Crippen LogP contribution in [0.2, 0.25) is 0 Å². The predicted octanol–water partition coefficient (Wildman–Crippen LogP) is 4.03. The maximum absolute atomic E-state index is 12.0. The molecule has 0 radical (unpaired) electrons. The van der Waals surface area contributed by atoms with Crippen LogP contribution in [0.1, 0.15) is 43.7 Å². The van der Waals surface area contributed by atoms with E-state index in [2.05, 4.69) is 25.2 Å². The van der Waals surface area contributed by atoms with E-state index in [0.717, 1.165) is 36.1 Å². The molecule has 2 rings (SSSR count). The van der Waals surface area contributed by atoms with Crippen molar-refractivity contribution >= 4 is 5.91 Å². The number of amides is 1. The van der Waals surface area contributed by atoms with Crippen LogP contribution in [0.25, 0.3) is 0 Å². The Morgan fingerprint density at radius 1 is 1.16 bits per heavy atom. The number of phenolic OH excluding ortho intramolecular Hbond substituents is 1. The van der Waals surface area contributed by atoms with Gasteiger partial charge < -0.3 is 15.2 Å². The molecule has 1 unspecified atom stereocenters. The molecule has 0 saturated heterocycles. The second kappa shape index (κ2) is 9.72. The van der Waals surface area contributed by atoms with Crippen LogP contribution in [0.5, 0.6) is 11.5 Å². The Hall–Kier alpha value is -2.49. The molecule has 2 aromatic carbocycles. The first kappa shape index (κ1) is 18.8. The number of ether oxygens (including phenoxy) is 1. The fraction of sp³-hybridized carbons (Fsp3) is 0.381. The molecule has 134 valence electrons. The number of aryl methyl sites for hydroxylation is 1. The maximum Gasteiger partial charge on any atom is 0.257 e. The van der Waals surface area contributed by atoms with Gasteiger partial charge >= 0.3 is 0 Å². The number of para-hydroxylation sites is 1. The Morgan fingerprint density at radius 3 is 2.60 bits per heavy atom. The molecule has 4 nitrogen and oxygen atoms in total. The molecule has 0 aromatic heterocycles. The Kier molecular flexibility index (Phi) is 7.33. The number of benzene rings is 2. The minimum absolute atomic E-state index is 0.0344. The van der Waals surface area contributed by atoms with Gasteiger partial charge in [0.15, 0.2) is 6.61 Å². The molecule has 1 amide bonds. The summed E-state index contributed by atoms with van der Waals surface area (Å²) < 4.78 is 5.71. The number of carbonyl (C=O) groups excluding carboxylic acids is 1. The standard InChI is InChI=1S/C21H27NO3/c1-3-16(2)19-8-4-5-9-20(19)25-15-21(24)22-14-6-7-17-10-12-18(23)13-11-17/h4-5,8-13,16,23H,3,6-7,14-15H2,1-2H3,(H,22,24). The lowest BCUT2D eigenvalue weighted by Crippen LogP contribution is -2.30. The van der Waals surface area contributed by atoms with Gasteiger partial charge in [0, 0.05) is 6.54 Å². The Labute approximate surface area is 149 Å². The van der Waals surface area contributed by atoms with E-state index in [1.165, 1.54) is 0 Å². The summed E-state index contributed by atoms with van der Waals surface area (Å²) in [4.78, 5) is 12.0. The van der Waals surface area contributed by atoms with Crippen molar-refractivity contribution in [3.05, 3.63) is 59.7 Å². The molecule has 0 spiro atoms. The normalized spacial score (nSPS) is 11.8. The minimum Gasteiger partial charge on any atom is -0.508 e. The fourth-order valence-corrected chi connectivity index (χ4v) is 2.62. The second-order valence-electron chi connectivity index (χ2n) is 6.26. The lowest BCUT2D eigenvalue weighted by atomic mass is 9.98. The highest BCUT2D eigenvalue weighted by Crippen LogP contribution is 2.28. The average molecular weight is 341 g/mol. The second-order valence-corrected chi connectivity index (χ2v) is 6.26. The Balaban J connectivity index is 1.71. The SMILES string of the molecule is CCC(C)c1ccccc1OCC(=O)NCCCc1ccc(O)cc1. The van der Waals surface area contributed by atoms with Crippen molar-refractivity contribution in [2.75, 3.05) is 13.2 Å². The lowest BCUT2D eigenvalue weighted by Gasteiger charge is -2.15. The van der Waals surface area contributed by atoms with Gasteiger partial charge in [-0.05, 0) is 54.5 Å². The number of carbonyl (C=O) groups is 1. The minimum atomic E-state index is -0.107. The van der Waals surface area contributed by atoms with Gasteiger partial charge in [0.25, 0.3) is 5.91 Å². The van der Waals surface area contributed by atoms with E-state index in [1.54, 1.807) is 12.1 Å². The van der Waals surface area contributed by atoms with Gasteiger partial charge in [-0.1, -0.05) is 44.2 Å². The van der Waals surface area contributed by atoms with Crippen LogP contribution < -0.4 is 10.1 Å². The summed E-state index contributed by atoms with van der Waals surface area (Å²) in [6.45, 7) is 4.94. The van der Waals surface area contributed by atoms with Crippen molar-refractivity contribution in [2.45, 2.75) is 39.0 Å². The van der Waals surface area contributed by atoms with Crippen molar-refractivity contribution in [3.63, 3.8) is 0 Å². The van der Waals surface area contributed by atoms with Crippen LogP contribution in [0.4, 0.5) is 0 Å². The fourth-order valence-electron chi connectivity index (χ4n) is 2.62. The van der Waals surface area contributed by atoms with Crippen molar-refractivity contribution in [1.29, 1.82) is 0 Å². The van der Waals surface area contributed by atoms with Gasteiger partial charge in [0.1, 0.15) is 11.5 Å². The Bertz CT molecular complexity index is 667. The van der Waals surface area contributed by atoms with Gasteiger partial charge in [-0.2, -0.15) is 0 Å². The molecule has 0 heterocycles. The third kappa shape index (κ3) is 6.14. The van der Waals surface area contributed by atoms with Gasteiger partial charge in [-0.15, -0.1) is 0 Å². The summed E-state index contributed by atoms with van der Waals surface area (Å²) in [7, 11) is 0. The largest absolute Gasteiger partial charge is 0.508 e. The predicted molar refractivity (Wildman–Crippen MR) is 100 cm³/mol. The third-order valence-corrected chi connectivity index (χ3v) is 4.32. The summed E-state index contributed by atoms with van der Waals surface area (Å²) in [5, 5.41) is 12.1. The molecule has 4 heteroatoms. The highest BCUT2D eigenvalue weighted by Gasteiger charge is 2.10. The Morgan fingerprint density at radius 2 is 1.88 bits per heavy atom. The highest BCUT2D eigenvalue weighted by molar-refractivity contribution is 5.77. The van der Waals surface area contributed by atoms with Gasteiger partial charge in [0.2, 0.25) is 0 Å². The first-order valence-electron chi connectivity index (χ1n) is 8.86. The van der Waals surface area contributed by atoms with E-state index in [1.807, 2.05) is 30.3 Å². The summed E-state index contributed by atoms with van der Waals surface area (Å²) >= 11 is 0. The van der Waals surface area contributed by atoms with Crippen LogP contribution in [0.15, 0.2) is 48.5 Å². The molecule has 2 N–H and O–H groups in total. The van der Waals surface area contributed by atoms with Crippen molar-refractivity contribution in [1.82, 2.24) is 5.32 Å². The maximum atomic E-state index is 12.0. The molecule has 2 aromatic rings. The van der Waals surface area contributed by atoms with Crippen molar-refractivity contribution in [3.8, 4) is 11.5 Å². The molecule has 0 aliphatic carbocycles. The molecular weight excluding hydrogens is 314 g/mol. The van der Waals surface area contributed by atoms with Crippen LogP contribution in [0, 0.1) is 0 Å². The van der Waals surface area contributed by atoms with Crippen LogP contribution in [0.3, 0.4) is 0 Å². The van der Waals surface area contributed by atoms with Gasteiger partial charge in [-0.25, -0.2) is 0 Å². The number of rotatable bonds is 9. The molecule has 0 aliphatic heterocycles. The first-order valence-corrected chi connectivity index (χ1v) is 8.86. The molecule has 0 bridgehead atoms. The van der Waals surface area contributed by atoms with E-state index in [9.17, 15) is 9.90 Å². The molecule has 0 saturated carbocycles.